The van der Waals surface area contributed by atoms with Crippen LogP contribution in [0, 0.1) is 6.92 Å². The zero-order chi connectivity index (χ0) is 9.71. The first-order chi connectivity index (χ1) is 6.75. The highest BCUT2D eigenvalue weighted by Gasteiger charge is 2.26. The van der Waals surface area contributed by atoms with Crippen LogP contribution < -0.4 is 5.56 Å². The van der Waals surface area contributed by atoms with Gasteiger partial charge in [-0.05, 0) is 19.8 Å². The lowest BCUT2D eigenvalue weighted by Crippen LogP contribution is -2.15. The molecule has 2 heterocycles. The Kier molecular flexibility index (Phi) is 1.37. The molecule has 1 aliphatic carbocycles. The fraction of sp³-hybridized carbons (Fsp3) is 0.400. The predicted molar refractivity (Wildman–Crippen MR) is 52.5 cm³/mol. The van der Waals surface area contributed by atoms with Gasteiger partial charge in [0, 0.05) is 23.7 Å². The Morgan fingerprint density at radius 3 is 3.07 bits per heavy atom. The van der Waals surface area contributed by atoms with E-state index in [1.54, 1.807) is 12.3 Å². The summed E-state index contributed by atoms with van der Waals surface area (Å²) in [6.45, 7) is 1.95. The van der Waals surface area contributed by atoms with Gasteiger partial charge in [-0.3, -0.25) is 9.89 Å². The van der Waals surface area contributed by atoms with E-state index in [9.17, 15) is 4.79 Å². The van der Waals surface area contributed by atoms with Crippen LogP contribution in [0.1, 0.15) is 30.0 Å². The molecule has 1 saturated carbocycles. The number of aromatic nitrogens is 3. The molecule has 4 nitrogen and oxygen atoms in total. The van der Waals surface area contributed by atoms with Gasteiger partial charge in [0.2, 0.25) is 0 Å². The number of hydrogen-bond acceptors (Lipinski definition) is 2. The van der Waals surface area contributed by atoms with Gasteiger partial charge in [-0.25, -0.2) is 9.50 Å². The van der Waals surface area contributed by atoms with Crippen molar-refractivity contribution in [2.24, 2.45) is 0 Å². The largest absolute Gasteiger partial charge is 0.297 e. The van der Waals surface area contributed by atoms with Crippen molar-refractivity contribution in [3.8, 4) is 0 Å². The summed E-state index contributed by atoms with van der Waals surface area (Å²) in [4.78, 5) is 16.1. The Morgan fingerprint density at radius 1 is 1.57 bits per heavy atom. The molecule has 0 spiro atoms. The van der Waals surface area contributed by atoms with E-state index in [0.29, 0.717) is 5.92 Å². The van der Waals surface area contributed by atoms with Crippen LogP contribution in [0.2, 0.25) is 0 Å². The van der Waals surface area contributed by atoms with Crippen LogP contribution in [0.25, 0.3) is 5.65 Å². The quantitative estimate of drug-likeness (QED) is 0.733. The maximum absolute atomic E-state index is 11.6. The Bertz CT molecular complexity index is 548. The van der Waals surface area contributed by atoms with E-state index in [2.05, 4.69) is 10.1 Å². The summed E-state index contributed by atoms with van der Waals surface area (Å²) in [6.07, 6.45) is 4.15. The second-order valence-corrected chi connectivity index (χ2v) is 3.91. The second-order valence-electron chi connectivity index (χ2n) is 3.91. The van der Waals surface area contributed by atoms with Gasteiger partial charge in [0.25, 0.3) is 5.56 Å². The van der Waals surface area contributed by atoms with Gasteiger partial charge < -0.3 is 0 Å². The first-order valence-electron chi connectivity index (χ1n) is 4.83. The zero-order valence-corrected chi connectivity index (χ0v) is 7.95. The summed E-state index contributed by atoms with van der Waals surface area (Å²) in [5.41, 5.74) is 2.73. The molecule has 72 valence electrons. The highest BCUT2D eigenvalue weighted by molar-refractivity contribution is 5.46. The molecule has 0 radical (unpaired) electrons. The summed E-state index contributed by atoms with van der Waals surface area (Å²) in [5, 5.41) is 2.88. The molecular formula is C10H11N3O. The number of nitrogens with zero attached hydrogens (tertiary/aromatic N) is 2. The molecular weight excluding hydrogens is 178 g/mol. The SMILES string of the molecule is Cc1c[nH]n2c(=O)cc(C3CC3)nc12. The molecule has 0 atom stereocenters. The van der Waals surface area contributed by atoms with E-state index in [-0.39, 0.29) is 5.56 Å². The van der Waals surface area contributed by atoms with Crippen molar-refractivity contribution < 1.29 is 0 Å². The number of hydrogen-bond donors (Lipinski definition) is 1. The van der Waals surface area contributed by atoms with E-state index in [0.717, 1.165) is 16.9 Å². The van der Waals surface area contributed by atoms with Gasteiger partial charge in [-0.1, -0.05) is 0 Å². The van der Waals surface area contributed by atoms with Gasteiger partial charge >= 0.3 is 0 Å². The summed E-state index contributed by atoms with van der Waals surface area (Å²) in [5.74, 6) is 0.530. The van der Waals surface area contributed by atoms with Gasteiger partial charge in [0.15, 0.2) is 5.65 Å². The molecule has 14 heavy (non-hydrogen) atoms. The third-order valence-corrected chi connectivity index (χ3v) is 2.70. The first kappa shape index (κ1) is 7.79. The lowest BCUT2D eigenvalue weighted by Gasteiger charge is -1.98. The van der Waals surface area contributed by atoms with Crippen molar-refractivity contribution in [2.75, 3.05) is 0 Å². The van der Waals surface area contributed by atoms with Crippen molar-refractivity contribution >= 4 is 5.65 Å². The highest BCUT2D eigenvalue weighted by atomic mass is 16.1. The zero-order valence-electron chi connectivity index (χ0n) is 7.95. The fourth-order valence-electron chi connectivity index (χ4n) is 1.70. The smallest absolute Gasteiger partial charge is 0.272 e. The average molecular weight is 189 g/mol. The van der Waals surface area contributed by atoms with E-state index in [1.807, 2.05) is 6.92 Å². The molecule has 0 aromatic carbocycles. The van der Waals surface area contributed by atoms with Gasteiger partial charge in [-0.15, -0.1) is 0 Å². The molecule has 1 N–H and O–H groups in total. The lowest BCUT2D eigenvalue weighted by molar-refractivity contribution is 0.873. The minimum Gasteiger partial charge on any atom is -0.297 e. The lowest BCUT2D eigenvalue weighted by atomic mass is 10.3. The Hall–Kier alpha value is -1.58. The van der Waals surface area contributed by atoms with Crippen LogP contribution in [0.4, 0.5) is 0 Å². The third-order valence-electron chi connectivity index (χ3n) is 2.70. The summed E-state index contributed by atoms with van der Waals surface area (Å²) < 4.78 is 1.49. The van der Waals surface area contributed by atoms with Crippen molar-refractivity contribution in [1.82, 2.24) is 14.6 Å². The molecule has 1 aliphatic rings. The van der Waals surface area contributed by atoms with Crippen LogP contribution >= 0.6 is 0 Å². The van der Waals surface area contributed by atoms with Gasteiger partial charge in [0.05, 0.1) is 5.69 Å². The first-order valence-corrected chi connectivity index (χ1v) is 4.83. The van der Waals surface area contributed by atoms with E-state index < -0.39 is 0 Å². The fourth-order valence-corrected chi connectivity index (χ4v) is 1.70. The van der Waals surface area contributed by atoms with Crippen LogP contribution in [-0.2, 0) is 0 Å². The Balaban J connectivity index is 2.36. The molecule has 0 unspecified atom stereocenters. The van der Waals surface area contributed by atoms with Gasteiger partial charge in [0.1, 0.15) is 0 Å². The van der Waals surface area contributed by atoms with Crippen LogP contribution in [0.5, 0.6) is 0 Å². The van der Waals surface area contributed by atoms with Crippen LogP contribution in [0.3, 0.4) is 0 Å². The monoisotopic (exact) mass is 189 g/mol. The van der Waals surface area contributed by atoms with Crippen LogP contribution in [0.15, 0.2) is 17.1 Å². The van der Waals surface area contributed by atoms with Crippen molar-refractivity contribution in [3.05, 3.63) is 33.9 Å². The molecule has 0 bridgehead atoms. The normalized spacial score (nSPS) is 16.4. The van der Waals surface area contributed by atoms with Gasteiger partial charge in [-0.2, -0.15) is 0 Å². The molecule has 1 fully saturated rings. The minimum absolute atomic E-state index is 0.00926. The summed E-state index contributed by atoms with van der Waals surface area (Å²) >= 11 is 0. The standard InChI is InChI=1S/C10H11N3O/c1-6-5-11-13-9(14)4-8(7-2-3-7)12-10(6)13/h4-5,7,11H,2-3H2,1H3. The molecule has 0 aliphatic heterocycles. The predicted octanol–water partition coefficient (Wildman–Crippen LogP) is 1.21. The van der Waals surface area contributed by atoms with E-state index in [1.165, 1.54) is 17.4 Å². The molecule has 0 amide bonds. The summed E-state index contributed by atoms with van der Waals surface area (Å²) in [6, 6.07) is 1.64. The maximum atomic E-state index is 11.6. The number of rotatable bonds is 1. The number of aryl methyl sites for hydroxylation is 1. The number of aromatic amines is 1. The maximum Gasteiger partial charge on any atom is 0.272 e. The molecule has 4 heteroatoms. The highest BCUT2D eigenvalue weighted by Crippen LogP contribution is 2.38. The van der Waals surface area contributed by atoms with Crippen LogP contribution in [-0.4, -0.2) is 14.6 Å². The molecule has 2 aromatic rings. The topological polar surface area (TPSA) is 50.2 Å². The number of nitrogens with one attached hydrogen (secondary N) is 1. The van der Waals surface area contributed by atoms with Crippen molar-refractivity contribution in [1.29, 1.82) is 0 Å². The Morgan fingerprint density at radius 2 is 2.36 bits per heavy atom. The molecule has 2 aromatic heterocycles. The number of fused-ring (bicyclic) bond motifs is 1. The van der Waals surface area contributed by atoms with E-state index >= 15 is 0 Å². The second kappa shape index (κ2) is 2.47. The average Bonchev–Trinajstić information content (AvgIpc) is 2.93. The molecule has 0 saturated heterocycles. The number of H-pyrrole nitrogens is 1. The van der Waals surface area contributed by atoms with Crippen molar-refractivity contribution in [2.45, 2.75) is 25.7 Å². The Labute approximate surface area is 80.6 Å². The molecule has 3 rings (SSSR count). The third kappa shape index (κ3) is 0.999. The van der Waals surface area contributed by atoms with Crippen molar-refractivity contribution in [3.63, 3.8) is 0 Å². The van der Waals surface area contributed by atoms with E-state index in [4.69, 9.17) is 0 Å². The summed E-state index contributed by atoms with van der Waals surface area (Å²) in [7, 11) is 0. The minimum atomic E-state index is -0.00926.